The monoisotopic (exact) mass is 267 g/mol. The van der Waals surface area contributed by atoms with Gasteiger partial charge < -0.3 is 20.6 Å². The van der Waals surface area contributed by atoms with E-state index in [1.54, 1.807) is 4.90 Å². The summed E-state index contributed by atoms with van der Waals surface area (Å²) in [5.74, 6) is 0. The van der Waals surface area contributed by atoms with Crippen molar-refractivity contribution in [3.63, 3.8) is 0 Å². The van der Waals surface area contributed by atoms with Crippen LogP contribution >= 0.6 is 12.2 Å². The van der Waals surface area contributed by atoms with Gasteiger partial charge in [0.15, 0.2) is 5.11 Å². The third-order valence-electron chi connectivity index (χ3n) is 2.88. The summed E-state index contributed by atoms with van der Waals surface area (Å²) in [6, 6.07) is 8.04. The first-order valence-corrected chi connectivity index (χ1v) is 6.57. The number of nitrogens with zero attached hydrogens (tertiary/aromatic N) is 2. The number of anilines is 2. The molecule has 0 aliphatic rings. The molecule has 0 amide bonds. The van der Waals surface area contributed by atoms with E-state index in [1.807, 2.05) is 24.3 Å². The van der Waals surface area contributed by atoms with Crippen molar-refractivity contribution in [2.45, 2.75) is 13.8 Å². The van der Waals surface area contributed by atoms with Gasteiger partial charge in [0.05, 0.1) is 6.61 Å². The Labute approximate surface area is 114 Å². The number of hydrogen-bond donors (Lipinski definition) is 2. The lowest BCUT2D eigenvalue weighted by Gasteiger charge is -2.24. The Hall–Kier alpha value is -1.33. The Kier molecular flexibility index (Phi) is 5.88. The molecule has 1 aromatic rings. The molecule has 0 atom stereocenters. The van der Waals surface area contributed by atoms with Crippen LogP contribution in [0.25, 0.3) is 0 Å². The van der Waals surface area contributed by atoms with Gasteiger partial charge >= 0.3 is 0 Å². The van der Waals surface area contributed by atoms with Gasteiger partial charge in [-0.1, -0.05) is 0 Å². The second-order valence-corrected chi connectivity index (χ2v) is 4.32. The molecule has 5 heteroatoms. The summed E-state index contributed by atoms with van der Waals surface area (Å²) >= 11 is 4.98. The van der Waals surface area contributed by atoms with Crippen molar-refractivity contribution in [2.24, 2.45) is 5.73 Å². The molecule has 0 aliphatic heterocycles. The average molecular weight is 267 g/mol. The van der Waals surface area contributed by atoms with Gasteiger partial charge in [-0.2, -0.15) is 0 Å². The van der Waals surface area contributed by atoms with Crippen molar-refractivity contribution in [3.05, 3.63) is 24.3 Å². The quantitative estimate of drug-likeness (QED) is 0.766. The molecule has 0 fully saturated rings. The Morgan fingerprint density at radius 3 is 2.06 bits per heavy atom. The lowest BCUT2D eigenvalue weighted by molar-refractivity contribution is 0.306. The normalized spacial score (nSPS) is 10.2. The number of benzene rings is 1. The molecule has 1 rings (SSSR count). The van der Waals surface area contributed by atoms with E-state index < -0.39 is 0 Å². The van der Waals surface area contributed by atoms with Crippen molar-refractivity contribution in [2.75, 3.05) is 36.0 Å². The van der Waals surface area contributed by atoms with E-state index in [2.05, 4.69) is 18.7 Å². The van der Waals surface area contributed by atoms with Crippen molar-refractivity contribution in [3.8, 4) is 0 Å². The van der Waals surface area contributed by atoms with Gasteiger partial charge in [-0.15, -0.1) is 0 Å². The van der Waals surface area contributed by atoms with Gasteiger partial charge in [-0.25, -0.2) is 0 Å². The summed E-state index contributed by atoms with van der Waals surface area (Å²) in [7, 11) is 0. The standard InChI is InChI=1S/C13H21N3OS/c1-3-15(4-2)11-5-7-12(8-6-11)16(9-10-17)13(14)18/h5-8,17H,3-4,9-10H2,1-2H3,(H2,14,18). The lowest BCUT2D eigenvalue weighted by atomic mass is 10.2. The van der Waals surface area contributed by atoms with E-state index in [0.29, 0.717) is 6.54 Å². The van der Waals surface area contributed by atoms with Gasteiger partial charge in [0.2, 0.25) is 0 Å². The zero-order chi connectivity index (χ0) is 13.5. The van der Waals surface area contributed by atoms with Crippen LogP contribution in [0.4, 0.5) is 11.4 Å². The number of aliphatic hydroxyl groups excluding tert-OH is 1. The maximum absolute atomic E-state index is 9.00. The molecule has 0 aromatic heterocycles. The van der Waals surface area contributed by atoms with Crippen molar-refractivity contribution in [1.82, 2.24) is 0 Å². The van der Waals surface area contributed by atoms with Gasteiger partial charge in [-0.3, -0.25) is 0 Å². The van der Waals surface area contributed by atoms with E-state index in [-0.39, 0.29) is 11.7 Å². The third kappa shape index (κ3) is 3.58. The molecular formula is C13H21N3OS. The van der Waals surface area contributed by atoms with Crippen molar-refractivity contribution < 1.29 is 5.11 Å². The minimum atomic E-state index is 0.0230. The highest BCUT2D eigenvalue weighted by Gasteiger charge is 2.09. The fourth-order valence-corrected chi connectivity index (χ4v) is 2.10. The largest absolute Gasteiger partial charge is 0.395 e. The molecule has 0 unspecified atom stereocenters. The minimum Gasteiger partial charge on any atom is -0.395 e. The molecule has 0 heterocycles. The third-order valence-corrected chi connectivity index (χ3v) is 3.10. The highest BCUT2D eigenvalue weighted by Crippen LogP contribution is 2.20. The fourth-order valence-electron chi connectivity index (χ4n) is 1.90. The number of hydrogen-bond acceptors (Lipinski definition) is 3. The molecule has 1 aromatic carbocycles. The zero-order valence-electron chi connectivity index (χ0n) is 11.0. The molecule has 100 valence electrons. The second-order valence-electron chi connectivity index (χ2n) is 3.90. The number of nitrogens with two attached hydrogens (primary N) is 1. The van der Waals surface area contributed by atoms with Gasteiger partial charge in [0.1, 0.15) is 0 Å². The minimum absolute atomic E-state index is 0.0230. The topological polar surface area (TPSA) is 52.7 Å². The highest BCUT2D eigenvalue weighted by molar-refractivity contribution is 7.80. The van der Waals surface area contributed by atoms with Crippen LogP contribution in [-0.4, -0.2) is 36.5 Å². The van der Waals surface area contributed by atoms with Crippen molar-refractivity contribution >= 4 is 28.7 Å². The van der Waals surface area contributed by atoms with E-state index in [0.717, 1.165) is 18.8 Å². The Morgan fingerprint density at radius 2 is 1.67 bits per heavy atom. The van der Waals surface area contributed by atoms with Gasteiger partial charge in [0.25, 0.3) is 0 Å². The first kappa shape index (κ1) is 14.7. The first-order valence-electron chi connectivity index (χ1n) is 6.16. The van der Waals surface area contributed by atoms with Crippen molar-refractivity contribution in [1.29, 1.82) is 0 Å². The molecule has 0 radical (unpaired) electrons. The second kappa shape index (κ2) is 7.18. The first-order chi connectivity index (χ1) is 8.63. The maximum atomic E-state index is 9.00. The van der Waals surface area contributed by atoms with Crippen LogP contribution in [0.1, 0.15) is 13.8 Å². The molecule has 0 bridgehead atoms. The van der Waals surface area contributed by atoms with E-state index in [1.165, 1.54) is 5.69 Å². The fraction of sp³-hybridized carbons (Fsp3) is 0.462. The molecule has 0 spiro atoms. The smallest absolute Gasteiger partial charge is 0.170 e. The maximum Gasteiger partial charge on any atom is 0.170 e. The molecule has 18 heavy (non-hydrogen) atoms. The van der Waals surface area contributed by atoms with Gasteiger partial charge in [0, 0.05) is 31.0 Å². The summed E-state index contributed by atoms with van der Waals surface area (Å²) in [6.07, 6.45) is 0. The zero-order valence-corrected chi connectivity index (χ0v) is 11.8. The predicted molar refractivity (Wildman–Crippen MR) is 81.2 cm³/mol. The number of rotatable bonds is 6. The molecule has 0 aliphatic carbocycles. The molecule has 0 saturated carbocycles. The van der Waals surface area contributed by atoms with Crippen LogP contribution in [0.3, 0.4) is 0 Å². The predicted octanol–water partition coefficient (Wildman–Crippen LogP) is 1.58. The highest BCUT2D eigenvalue weighted by atomic mass is 32.1. The van der Waals surface area contributed by atoms with Crippen LogP contribution in [-0.2, 0) is 0 Å². The SMILES string of the molecule is CCN(CC)c1ccc(N(CCO)C(N)=S)cc1. The van der Waals surface area contributed by atoms with Crippen LogP contribution < -0.4 is 15.5 Å². The molecule has 4 nitrogen and oxygen atoms in total. The Balaban J connectivity index is 2.89. The Morgan fingerprint density at radius 1 is 1.17 bits per heavy atom. The summed E-state index contributed by atoms with van der Waals surface area (Å²) in [4.78, 5) is 3.99. The summed E-state index contributed by atoms with van der Waals surface area (Å²) in [6.45, 7) is 6.65. The summed E-state index contributed by atoms with van der Waals surface area (Å²) in [5, 5.41) is 9.28. The summed E-state index contributed by atoms with van der Waals surface area (Å²) in [5.41, 5.74) is 7.73. The molecule has 3 N–H and O–H groups in total. The number of aliphatic hydroxyl groups is 1. The van der Waals surface area contributed by atoms with E-state index in [4.69, 9.17) is 23.1 Å². The van der Waals surface area contributed by atoms with Crippen LogP contribution in [0.15, 0.2) is 24.3 Å². The van der Waals surface area contributed by atoms with E-state index >= 15 is 0 Å². The van der Waals surface area contributed by atoms with Crippen LogP contribution in [0, 0.1) is 0 Å². The molecule has 0 saturated heterocycles. The summed E-state index contributed by atoms with van der Waals surface area (Å²) < 4.78 is 0. The molecular weight excluding hydrogens is 246 g/mol. The van der Waals surface area contributed by atoms with E-state index in [9.17, 15) is 0 Å². The van der Waals surface area contributed by atoms with Gasteiger partial charge in [-0.05, 0) is 50.3 Å². The van der Waals surface area contributed by atoms with Crippen LogP contribution in [0.2, 0.25) is 0 Å². The lowest BCUT2D eigenvalue weighted by Crippen LogP contribution is -2.37. The average Bonchev–Trinajstić information content (AvgIpc) is 2.38. The number of thiocarbonyl (C=S) groups is 1. The Bertz CT molecular complexity index is 376. The van der Waals surface area contributed by atoms with Crippen LogP contribution in [0.5, 0.6) is 0 Å².